The monoisotopic (exact) mass is 538 g/mol. The lowest BCUT2D eigenvalue weighted by atomic mass is 9.96. The van der Waals surface area contributed by atoms with E-state index in [4.69, 9.17) is 9.47 Å². The molecule has 2 aromatic carbocycles. The second kappa shape index (κ2) is 10.9. The van der Waals surface area contributed by atoms with Gasteiger partial charge in [0.25, 0.3) is 0 Å². The summed E-state index contributed by atoms with van der Waals surface area (Å²) in [6.45, 7) is 4.89. The van der Waals surface area contributed by atoms with Crippen LogP contribution >= 0.6 is 0 Å². The van der Waals surface area contributed by atoms with E-state index in [1.165, 1.54) is 0 Å². The summed E-state index contributed by atoms with van der Waals surface area (Å²) in [6, 6.07) is 21.1. The smallest absolute Gasteiger partial charge is 0.323 e. The molecule has 0 saturated carbocycles. The third kappa shape index (κ3) is 5.41. The Kier molecular flexibility index (Phi) is 6.96. The maximum Gasteiger partial charge on any atom is 0.323 e. The van der Waals surface area contributed by atoms with Gasteiger partial charge in [-0.2, -0.15) is 0 Å². The van der Waals surface area contributed by atoms with Crippen molar-refractivity contribution in [1.82, 2.24) is 9.97 Å². The Labute approximate surface area is 231 Å². The number of nitrogens with zero attached hydrogens (tertiary/aromatic N) is 3. The van der Waals surface area contributed by atoms with E-state index < -0.39 is 5.97 Å². The fraction of sp³-hybridized carbons (Fsp3) is 0.258. The number of aromatic nitrogens is 2. The van der Waals surface area contributed by atoms with Crippen LogP contribution in [0.3, 0.4) is 0 Å². The topological polar surface area (TPSA) is 108 Å². The zero-order chi connectivity index (χ0) is 27.6. The van der Waals surface area contributed by atoms with E-state index in [1.54, 1.807) is 11.0 Å². The second-order valence-corrected chi connectivity index (χ2v) is 10.1. The number of hydrogen-bond acceptors (Lipinski definition) is 7. The highest BCUT2D eigenvalue weighted by molar-refractivity contribution is 5.76. The number of anilines is 2. The number of morpholine rings is 1. The van der Waals surface area contributed by atoms with Crippen LogP contribution in [0.1, 0.15) is 22.5 Å². The van der Waals surface area contributed by atoms with Crippen LogP contribution in [-0.2, 0) is 22.5 Å². The van der Waals surface area contributed by atoms with E-state index >= 15 is 0 Å². The number of carboxylic acids is 1. The minimum atomic E-state index is -0.912. The zero-order valence-electron chi connectivity index (χ0n) is 22.2. The summed E-state index contributed by atoms with van der Waals surface area (Å²) in [7, 11) is 0. The van der Waals surface area contributed by atoms with Gasteiger partial charge in [0.2, 0.25) is 5.56 Å². The van der Waals surface area contributed by atoms with Crippen LogP contribution in [0.25, 0.3) is 11.3 Å². The Morgan fingerprint density at radius 2 is 1.88 bits per heavy atom. The summed E-state index contributed by atoms with van der Waals surface area (Å²) in [5, 5.41) is 9.59. The van der Waals surface area contributed by atoms with Crippen molar-refractivity contribution < 1.29 is 19.4 Å². The molecule has 0 bridgehead atoms. The largest absolute Gasteiger partial charge is 0.480 e. The van der Waals surface area contributed by atoms with Gasteiger partial charge in [0, 0.05) is 53.8 Å². The van der Waals surface area contributed by atoms with Gasteiger partial charge in [0.05, 0.1) is 31.1 Å². The van der Waals surface area contributed by atoms with Crippen LogP contribution in [0.4, 0.5) is 11.4 Å². The molecule has 1 fully saturated rings. The lowest BCUT2D eigenvalue weighted by Gasteiger charge is -2.29. The summed E-state index contributed by atoms with van der Waals surface area (Å²) in [5.41, 5.74) is 6.64. The molecule has 9 heteroatoms. The van der Waals surface area contributed by atoms with Crippen molar-refractivity contribution in [1.29, 1.82) is 0 Å². The number of aryl methyl sites for hydroxylation is 1. The summed E-state index contributed by atoms with van der Waals surface area (Å²) >= 11 is 0. The molecule has 40 heavy (non-hydrogen) atoms. The fourth-order valence-electron chi connectivity index (χ4n) is 5.33. The first-order valence-corrected chi connectivity index (χ1v) is 13.3. The molecular weight excluding hydrogens is 508 g/mol. The predicted octanol–water partition coefficient (Wildman–Crippen LogP) is 4.37. The van der Waals surface area contributed by atoms with Crippen LogP contribution < -0.4 is 20.1 Å². The Bertz CT molecular complexity index is 1630. The highest BCUT2D eigenvalue weighted by Crippen LogP contribution is 2.43. The Morgan fingerprint density at radius 1 is 1.05 bits per heavy atom. The van der Waals surface area contributed by atoms with Crippen molar-refractivity contribution >= 4 is 17.3 Å². The van der Waals surface area contributed by atoms with E-state index in [-0.39, 0.29) is 12.1 Å². The molecule has 4 heterocycles. The molecule has 0 amide bonds. The molecule has 2 aromatic heterocycles. The van der Waals surface area contributed by atoms with Crippen LogP contribution in [-0.4, -0.2) is 53.9 Å². The normalized spacial score (nSPS) is 14.2. The van der Waals surface area contributed by atoms with Crippen LogP contribution in [0.5, 0.6) is 11.5 Å². The van der Waals surface area contributed by atoms with E-state index in [0.717, 1.165) is 52.5 Å². The number of nitrogens with one attached hydrogen (secondary N) is 1. The zero-order valence-corrected chi connectivity index (χ0v) is 22.2. The average molecular weight is 539 g/mol. The van der Waals surface area contributed by atoms with Gasteiger partial charge in [-0.05, 0) is 55.0 Å². The maximum atomic E-state index is 12.6. The Morgan fingerprint density at radius 3 is 2.67 bits per heavy atom. The molecule has 0 atom stereocenters. The van der Waals surface area contributed by atoms with Gasteiger partial charge < -0.3 is 29.4 Å². The second-order valence-electron chi connectivity index (χ2n) is 10.1. The third-order valence-corrected chi connectivity index (χ3v) is 7.22. The number of H-pyrrole nitrogens is 1. The van der Waals surface area contributed by atoms with Crippen LogP contribution in [0.15, 0.2) is 71.5 Å². The molecule has 0 spiro atoms. The SMILES string of the molecule is Cc1cccc(CN(CC(=O)O)c2ccc3c(c2)Cc2cccc(-c4cc(N5CCOCC5)cc(=O)[nH]4)c2O3)n1. The fourth-order valence-corrected chi connectivity index (χ4v) is 5.33. The summed E-state index contributed by atoms with van der Waals surface area (Å²) in [6.07, 6.45) is 0.614. The highest BCUT2D eigenvalue weighted by Gasteiger charge is 2.23. The Balaban J connectivity index is 1.31. The number of fused-ring (bicyclic) bond motifs is 2. The molecule has 2 N–H and O–H groups in total. The summed E-state index contributed by atoms with van der Waals surface area (Å²) in [5.74, 6) is 0.508. The molecule has 9 nitrogen and oxygen atoms in total. The highest BCUT2D eigenvalue weighted by atomic mass is 16.5. The minimum Gasteiger partial charge on any atom is -0.480 e. The average Bonchev–Trinajstić information content (AvgIpc) is 2.95. The first-order chi connectivity index (χ1) is 19.4. The number of benzene rings is 2. The van der Waals surface area contributed by atoms with Crippen molar-refractivity contribution in [2.24, 2.45) is 0 Å². The molecule has 0 aliphatic carbocycles. The molecule has 4 aromatic rings. The van der Waals surface area contributed by atoms with E-state index in [2.05, 4.69) is 14.9 Å². The van der Waals surface area contributed by atoms with E-state index in [0.29, 0.717) is 43.4 Å². The number of carbonyl (C=O) groups is 1. The number of pyridine rings is 2. The van der Waals surface area contributed by atoms with Gasteiger partial charge in [0.1, 0.15) is 18.0 Å². The van der Waals surface area contributed by atoms with Crippen molar-refractivity contribution in [2.75, 3.05) is 42.6 Å². The lowest BCUT2D eigenvalue weighted by Crippen LogP contribution is -2.36. The van der Waals surface area contributed by atoms with Crippen LogP contribution in [0, 0.1) is 6.92 Å². The van der Waals surface area contributed by atoms with E-state index in [1.807, 2.05) is 67.6 Å². The van der Waals surface area contributed by atoms with Gasteiger partial charge in [-0.1, -0.05) is 18.2 Å². The molecule has 204 valence electrons. The van der Waals surface area contributed by atoms with E-state index in [9.17, 15) is 14.7 Å². The number of rotatable bonds is 7. The van der Waals surface area contributed by atoms with Crippen molar-refractivity contribution in [3.05, 3.63) is 99.6 Å². The first-order valence-electron chi connectivity index (χ1n) is 13.3. The quantitative estimate of drug-likeness (QED) is 0.315. The van der Waals surface area contributed by atoms with Crippen molar-refractivity contribution in [3.63, 3.8) is 0 Å². The number of hydrogen-bond donors (Lipinski definition) is 2. The van der Waals surface area contributed by atoms with Gasteiger partial charge in [-0.3, -0.25) is 14.6 Å². The van der Waals surface area contributed by atoms with Gasteiger partial charge in [-0.15, -0.1) is 0 Å². The summed E-state index contributed by atoms with van der Waals surface area (Å²) in [4.78, 5) is 35.8. The first kappa shape index (κ1) is 25.6. The van der Waals surface area contributed by atoms with Crippen molar-refractivity contribution in [3.8, 4) is 22.8 Å². The molecule has 1 saturated heterocycles. The molecule has 2 aliphatic rings. The number of aromatic amines is 1. The van der Waals surface area contributed by atoms with Gasteiger partial charge in [0.15, 0.2) is 0 Å². The molecular formula is C31H30N4O5. The van der Waals surface area contributed by atoms with Crippen LogP contribution in [0.2, 0.25) is 0 Å². The minimum absolute atomic E-state index is 0.150. The molecule has 0 unspecified atom stereocenters. The predicted molar refractivity (Wildman–Crippen MR) is 153 cm³/mol. The van der Waals surface area contributed by atoms with Gasteiger partial charge >= 0.3 is 5.97 Å². The molecule has 2 aliphatic heterocycles. The molecule has 0 radical (unpaired) electrons. The number of para-hydroxylation sites is 1. The summed E-state index contributed by atoms with van der Waals surface area (Å²) < 4.78 is 11.9. The Hall–Kier alpha value is -4.63. The van der Waals surface area contributed by atoms with Gasteiger partial charge in [-0.25, -0.2) is 0 Å². The number of aliphatic carboxylic acids is 1. The number of carboxylic acid groups (broad SMARTS) is 1. The maximum absolute atomic E-state index is 12.6. The molecule has 6 rings (SSSR count). The number of ether oxygens (including phenoxy) is 2. The van der Waals surface area contributed by atoms with Crippen molar-refractivity contribution in [2.45, 2.75) is 19.9 Å². The third-order valence-electron chi connectivity index (χ3n) is 7.22. The standard InChI is InChI=1S/C31H30N4O5/c1-20-4-2-6-23(32-20)18-35(19-30(37)38)24-8-9-28-22(15-24)14-21-5-3-7-26(31(21)40-28)27-16-25(17-29(36)33-27)34-10-12-39-13-11-34/h2-9,15-17H,10-14,18-19H2,1H3,(H,33,36)(H,37,38). The lowest BCUT2D eigenvalue weighted by molar-refractivity contribution is -0.135.